The predicted octanol–water partition coefficient (Wildman–Crippen LogP) is 5.55. The van der Waals surface area contributed by atoms with Gasteiger partial charge in [-0.15, -0.1) is 0 Å². The number of aryl methyl sites for hydroxylation is 1. The second-order valence-electron chi connectivity index (χ2n) is 7.13. The fraction of sp³-hybridized carbons (Fsp3) is 0.0833. The molecule has 0 aromatic heterocycles. The number of nitrogens with zero attached hydrogens (tertiary/aromatic N) is 1. The third kappa shape index (κ3) is 3.59. The number of anilines is 1. The summed E-state index contributed by atoms with van der Waals surface area (Å²) >= 11 is 5.91. The topological polar surface area (TPSA) is 57.6 Å². The Hall–Kier alpha value is -3.51. The number of hydrogen-bond acceptors (Lipinski definition) is 3. The van der Waals surface area contributed by atoms with Crippen LogP contribution < -0.4 is 4.90 Å². The van der Waals surface area contributed by atoms with Gasteiger partial charge in [0.05, 0.1) is 11.6 Å². The molecule has 3 aromatic carbocycles. The van der Waals surface area contributed by atoms with Crippen molar-refractivity contribution in [2.24, 2.45) is 0 Å². The molecule has 1 amide bonds. The number of hydrogen-bond donors (Lipinski definition) is 1. The summed E-state index contributed by atoms with van der Waals surface area (Å²) in [5, 5.41) is 11.4. The lowest BCUT2D eigenvalue weighted by molar-refractivity contribution is -0.132. The highest BCUT2D eigenvalue weighted by Gasteiger charge is 2.47. The summed E-state index contributed by atoms with van der Waals surface area (Å²) in [6.07, 6.45) is 0. The van der Waals surface area contributed by atoms with Crippen LogP contribution in [0.1, 0.15) is 22.7 Å². The van der Waals surface area contributed by atoms with Crippen molar-refractivity contribution in [3.05, 3.63) is 106 Å². The Morgan fingerprint density at radius 2 is 1.65 bits per heavy atom. The number of carbonyl (C=O) groups is 2. The first kappa shape index (κ1) is 20.8. The van der Waals surface area contributed by atoms with E-state index in [1.54, 1.807) is 43.3 Å². The molecule has 1 N–H and O–H groups in total. The SMILES string of the molecule is Cc1ccccc1C1/C(=C(\O)c2ccc(Cl)cc2)C(=O)C(=O)N1c1ccc(F)c(F)c1. The van der Waals surface area contributed by atoms with Crippen molar-refractivity contribution >= 4 is 34.7 Å². The molecule has 0 bridgehead atoms. The molecule has 3 aromatic rings. The van der Waals surface area contributed by atoms with Gasteiger partial charge in [0, 0.05) is 22.3 Å². The van der Waals surface area contributed by atoms with E-state index in [-0.39, 0.29) is 17.0 Å². The van der Waals surface area contributed by atoms with Crippen LogP contribution in [0.2, 0.25) is 5.02 Å². The van der Waals surface area contributed by atoms with Crippen molar-refractivity contribution in [1.82, 2.24) is 0 Å². The quantitative estimate of drug-likeness (QED) is 0.330. The number of benzene rings is 3. The Balaban J connectivity index is 1.98. The van der Waals surface area contributed by atoms with Crippen LogP contribution in [-0.4, -0.2) is 16.8 Å². The van der Waals surface area contributed by atoms with E-state index in [4.69, 9.17) is 11.6 Å². The maximum Gasteiger partial charge on any atom is 0.300 e. The first-order valence-corrected chi connectivity index (χ1v) is 9.75. The van der Waals surface area contributed by atoms with E-state index in [1.807, 2.05) is 0 Å². The summed E-state index contributed by atoms with van der Waals surface area (Å²) in [5.41, 5.74) is 1.48. The summed E-state index contributed by atoms with van der Waals surface area (Å²) in [6.45, 7) is 1.79. The third-order valence-electron chi connectivity index (χ3n) is 5.23. The molecule has 1 saturated heterocycles. The molecule has 1 aliphatic heterocycles. The van der Waals surface area contributed by atoms with Gasteiger partial charge in [0.15, 0.2) is 11.6 Å². The van der Waals surface area contributed by atoms with Gasteiger partial charge in [-0.1, -0.05) is 35.9 Å². The van der Waals surface area contributed by atoms with Crippen LogP contribution in [0.25, 0.3) is 5.76 Å². The first-order chi connectivity index (χ1) is 14.8. The van der Waals surface area contributed by atoms with E-state index in [0.29, 0.717) is 16.1 Å². The number of Topliss-reactive ketones (excluding diaryl/α,β-unsaturated/α-hetero) is 1. The lowest BCUT2D eigenvalue weighted by Gasteiger charge is -2.26. The third-order valence-corrected chi connectivity index (χ3v) is 5.48. The van der Waals surface area contributed by atoms with Crippen molar-refractivity contribution in [2.45, 2.75) is 13.0 Å². The monoisotopic (exact) mass is 439 g/mol. The molecule has 1 aliphatic rings. The van der Waals surface area contributed by atoms with Gasteiger partial charge in [0.25, 0.3) is 11.7 Å². The minimum absolute atomic E-state index is 0.00408. The van der Waals surface area contributed by atoms with E-state index in [9.17, 15) is 23.5 Å². The molecule has 1 fully saturated rings. The molecule has 0 spiro atoms. The van der Waals surface area contributed by atoms with Gasteiger partial charge in [-0.2, -0.15) is 0 Å². The lowest BCUT2D eigenvalue weighted by Crippen LogP contribution is -2.30. The van der Waals surface area contributed by atoms with Gasteiger partial charge in [-0.3, -0.25) is 14.5 Å². The minimum atomic E-state index is -1.15. The molecule has 0 aliphatic carbocycles. The number of aliphatic hydroxyl groups excluding tert-OH is 1. The van der Waals surface area contributed by atoms with Crippen molar-refractivity contribution in [1.29, 1.82) is 0 Å². The summed E-state index contributed by atoms with van der Waals surface area (Å²) in [7, 11) is 0. The number of ketones is 1. The molecule has 156 valence electrons. The number of halogens is 3. The number of carbonyl (C=O) groups excluding carboxylic acids is 2. The molecular weight excluding hydrogens is 424 g/mol. The van der Waals surface area contributed by atoms with E-state index >= 15 is 0 Å². The molecule has 31 heavy (non-hydrogen) atoms. The largest absolute Gasteiger partial charge is 0.507 e. The second kappa shape index (κ2) is 7.96. The average molecular weight is 440 g/mol. The summed E-state index contributed by atoms with van der Waals surface area (Å²) in [4.78, 5) is 27.1. The molecule has 7 heteroatoms. The zero-order valence-corrected chi connectivity index (χ0v) is 17.0. The van der Waals surface area contributed by atoms with Crippen molar-refractivity contribution in [3.63, 3.8) is 0 Å². The summed E-state index contributed by atoms with van der Waals surface area (Å²) in [5.74, 6) is -4.48. The zero-order chi connectivity index (χ0) is 22.3. The van der Waals surface area contributed by atoms with Crippen LogP contribution in [0.15, 0.2) is 72.3 Å². The van der Waals surface area contributed by atoms with Gasteiger partial charge >= 0.3 is 0 Å². The maximum atomic E-state index is 14.0. The van der Waals surface area contributed by atoms with Gasteiger partial charge in [0.1, 0.15) is 5.76 Å². The van der Waals surface area contributed by atoms with E-state index in [0.717, 1.165) is 22.6 Å². The Bertz CT molecular complexity index is 1240. The molecule has 0 saturated carbocycles. The van der Waals surface area contributed by atoms with Crippen LogP contribution in [0.3, 0.4) is 0 Å². The Kier molecular flexibility index (Phi) is 5.33. The standard InChI is InChI=1S/C24H16ClF2NO3/c1-13-4-2-3-5-17(13)21-20(22(29)14-6-8-15(25)9-7-14)23(30)24(31)28(21)16-10-11-18(26)19(27)12-16/h2-12,21,29H,1H3/b22-20+. The second-order valence-corrected chi connectivity index (χ2v) is 7.57. The average Bonchev–Trinajstić information content (AvgIpc) is 3.01. The molecule has 0 radical (unpaired) electrons. The molecule has 4 rings (SSSR count). The lowest BCUT2D eigenvalue weighted by atomic mass is 9.92. The van der Waals surface area contributed by atoms with Crippen LogP contribution in [0.4, 0.5) is 14.5 Å². The van der Waals surface area contributed by atoms with E-state index < -0.39 is 29.4 Å². The van der Waals surface area contributed by atoms with Crippen molar-refractivity contribution < 1.29 is 23.5 Å². The van der Waals surface area contributed by atoms with Crippen LogP contribution in [0.5, 0.6) is 0 Å². The first-order valence-electron chi connectivity index (χ1n) is 9.37. The van der Waals surface area contributed by atoms with Crippen molar-refractivity contribution in [2.75, 3.05) is 4.90 Å². The highest BCUT2D eigenvalue weighted by Crippen LogP contribution is 2.43. The normalized spacial score (nSPS) is 17.9. The highest BCUT2D eigenvalue weighted by molar-refractivity contribution is 6.51. The minimum Gasteiger partial charge on any atom is -0.507 e. The van der Waals surface area contributed by atoms with Gasteiger partial charge in [-0.25, -0.2) is 8.78 Å². The van der Waals surface area contributed by atoms with Gasteiger partial charge < -0.3 is 5.11 Å². The summed E-state index contributed by atoms with van der Waals surface area (Å²) in [6, 6.07) is 15.1. The smallest absolute Gasteiger partial charge is 0.300 e. The predicted molar refractivity (Wildman–Crippen MR) is 114 cm³/mol. The number of amides is 1. The zero-order valence-electron chi connectivity index (χ0n) is 16.3. The Labute approximate surface area is 182 Å². The molecule has 1 unspecified atom stereocenters. The number of aliphatic hydroxyl groups is 1. The molecule has 1 atom stereocenters. The maximum absolute atomic E-state index is 14.0. The fourth-order valence-electron chi connectivity index (χ4n) is 3.68. The Morgan fingerprint density at radius 3 is 2.29 bits per heavy atom. The molecule has 4 nitrogen and oxygen atoms in total. The molecular formula is C24H16ClF2NO3. The molecule has 1 heterocycles. The number of rotatable bonds is 3. The van der Waals surface area contributed by atoms with Gasteiger partial charge in [0.2, 0.25) is 0 Å². The van der Waals surface area contributed by atoms with E-state index in [2.05, 4.69) is 0 Å². The van der Waals surface area contributed by atoms with Crippen molar-refractivity contribution in [3.8, 4) is 0 Å². The summed E-state index contributed by atoms with van der Waals surface area (Å²) < 4.78 is 27.4. The van der Waals surface area contributed by atoms with Crippen LogP contribution in [0, 0.1) is 18.6 Å². The Morgan fingerprint density at radius 1 is 0.968 bits per heavy atom. The van der Waals surface area contributed by atoms with Crippen LogP contribution in [-0.2, 0) is 9.59 Å². The highest BCUT2D eigenvalue weighted by atomic mass is 35.5. The van der Waals surface area contributed by atoms with Gasteiger partial charge in [-0.05, 0) is 54.4 Å². The fourth-order valence-corrected chi connectivity index (χ4v) is 3.81. The van der Waals surface area contributed by atoms with E-state index in [1.165, 1.54) is 18.2 Å². The van der Waals surface area contributed by atoms with Crippen LogP contribution >= 0.6 is 11.6 Å².